The Morgan fingerprint density at radius 2 is 1.98 bits per heavy atom. The molecule has 4 aliphatic rings. The standard InChI is InChI=1S/C19H25N7.C9H16N2O.C2H2/c1-12-10-19(2,3)11-25(12)18-21-17(15-5-4-8-26(15)24-18)20-16-9-14(22-23-16)13-6-7-13;12-7-10-8-2-1-5-11(6-8)9-3-4-9;1-2/h4-5,8-9,12-13H,6-7,10-11H2,1-3H3,(H2,20,21,22,23,24);7-9H,1-6H2,(H,10,12);1-2H/t12-;8-;/m01./s1. The zero-order chi connectivity index (χ0) is 28.3. The Hall–Kier alpha value is -3.58. The normalized spacial score (nSPS) is 24.0. The van der Waals surface area contributed by atoms with Crippen LogP contribution in [0.15, 0.2) is 24.4 Å². The predicted octanol–water partition coefficient (Wildman–Crippen LogP) is 4.31. The van der Waals surface area contributed by atoms with Gasteiger partial charge >= 0.3 is 0 Å². The van der Waals surface area contributed by atoms with Gasteiger partial charge < -0.3 is 15.5 Å². The summed E-state index contributed by atoms with van der Waals surface area (Å²) in [5.74, 6) is 3.03. The molecular formula is C30H43N9O. The fourth-order valence-electron chi connectivity index (χ4n) is 6.13. The van der Waals surface area contributed by atoms with Gasteiger partial charge in [0.05, 0.1) is 0 Å². The van der Waals surface area contributed by atoms with E-state index in [1.807, 2.05) is 22.8 Å². The second-order valence-electron chi connectivity index (χ2n) is 12.4. The highest BCUT2D eigenvalue weighted by molar-refractivity contribution is 5.73. The molecule has 10 nitrogen and oxygen atoms in total. The van der Waals surface area contributed by atoms with E-state index in [0.29, 0.717) is 18.0 Å². The van der Waals surface area contributed by atoms with Crippen LogP contribution in [0.25, 0.3) is 5.52 Å². The molecule has 5 heterocycles. The van der Waals surface area contributed by atoms with Gasteiger partial charge in [-0.1, -0.05) is 13.8 Å². The summed E-state index contributed by atoms with van der Waals surface area (Å²) in [6.45, 7) is 10.1. The summed E-state index contributed by atoms with van der Waals surface area (Å²) in [5, 5.41) is 18.6. The lowest BCUT2D eigenvalue weighted by Crippen LogP contribution is -2.46. The number of carbonyl (C=O) groups excluding carboxylic acids is 1. The Balaban J connectivity index is 0.000000193. The number of piperidine rings is 1. The van der Waals surface area contributed by atoms with Gasteiger partial charge in [0.2, 0.25) is 12.4 Å². The lowest BCUT2D eigenvalue weighted by atomic mass is 9.91. The first-order valence-electron chi connectivity index (χ1n) is 14.6. The van der Waals surface area contributed by atoms with Crippen LogP contribution in [-0.4, -0.2) is 73.9 Å². The van der Waals surface area contributed by atoms with Gasteiger partial charge in [0.15, 0.2) is 11.6 Å². The van der Waals surface area contributed by atoms with Crippen LogP contribution in [0.1, 0.15) is 77.3 Å². The van der Waals surface area contributed by atoms with Crippen molar-refractivity contribution in [2.24, 2.45) is 5.41 Å². The molecule has 1 amide bonds. The fraction of sp³-hybridized carbons (Fsp3) is 0.600. The number of amides is 1. The van der Waals surface area contributed by atoms with E-state index >= 15 is 0 Å². The van der Waals surface area contributed by atoms with Crippen LogP contribution in [0.3, 0.4) is 0 Å². The Morgan fingerprint density at radius 1 is 1.18 bits per heavy atom. The summed E-state index contributed by atoms with van der Waals surface area (Å²) in [5.41, 5.74) is 2.45. The molecule has 0 radical (unpaired) electrons. The zero-order valence-corrected chi connectivity index (χ0v) is 24.0. The number of carbonyl (C=O) groups is 1. The molecule has 3 aromatic heterocycles. The summed E-state index contributed by atoms with van der Waals surface area (Å²) in [4.78, 5) is 19.9. The average molecular weight is 546 g/mol. The maximum Gasteiger partial charge on any atom is 0.245 e. The second-order valence-corrected chi connectivity index (χ2v) is 12.4. The summed E-state index contributed by atoms with van der Waals surface area (Å²) in [6.07, 6.45) is 19.6. The largest absolute Gasteiger partial charge is 0.355 e. The number of fused-ring (bicyclic) bond motifs is 1. The van der Waals surface area contributed by atoms with Crippen LogP contribution >= 0.6 is 0 Å². The third kappa shape index (κ3) is 6.58. The molecule has 0 aromatic carbocycles. The van der Waals surface area contributed by atoms with Gasteiger partial charge in [0, 0.05) is 55.1 Å². The summed E-state index contributed by atoms with van der Waals surface area (Å²) < 4.78 is 1.90. The van der Waals surface area contributed by atoms with Crippen molar-refractivity contribution in [2.45, 2.75) is 89.8 Å². The molecule has 2 aliphatic heterocycles. The van der Waals surface area contributed by atoms with Gasteiger partial charge in [-0.15, -0.1) is 17.9 Å². The molecule has 214 valence electrons. The quantitative estimate of drug-likeness (QED) is 0.300. The van der Waals surface area contributed by atoms with Gasteiger partial charge in [-0.2, -0.15) is 10.1 Å². The number of rotatable bonds is 7. The monoisotopic (exact) mass is 545 g/mol. The number of aromatic nitrogens is 5. The zero-order valence-electron chi connectivity index (χ0n) is 24.0. The molecule has 10 heteroatoms. The van der Waals surface area contributed by atoms with E-state index in [4.69, 9.17) is 10.1 Å². The highest BCUT2D eigenvalue weighted by Crippen LogP contribution is 2.40. The fourth-order valence-corrected chi connectivity index (χ4v) is 6.13. The molecular weight excluding hydrogens is 502 g/mol. The third-order valence-corrected chi connectivity index (χ3v) is 8.30. The number of aromatic amines is 1. The van der Waals surface area contributed by atoms with Crippen molar-refractivity contribution >= 4 is 29.5 Å². The lowest BCUT2D eigenvalue weighted by molar-refractivity contribution is -0.110. The molecule has 2 saturated heterocycles. The van der Waals surface area contributed by atoms with Crippen LogP contribution in [-0.2, 0) is 4.79 Å². The van der Waals surface area contributed by atoms with Gasteiger partial charge in [0.1, 0.15) is 5.52 Å². The van der Waals surface area contributed by atoms with Crippen molar-refractivity contribution in [3.63, 3.8) is 0 Å². The summed E-state index contributed by atoms with van der Waals surface area (Å²) in [7, 11) is 0. The molecule has 0 unspecified atom stereocenters. The van der Waals surface area contributed by atoms with Crippen LogP contribution in [0.2, 0.25) is 0 Å². The Morgan fingerprint density at radius 3 is 2.65 bits per heavy atom. The summed E-state index contributed by atoms with van der Waals surface area (Å²) in [6, 6.07) is 7.81. The van der Waals surface area contributed by atoms with Crippen molar-refractivity contribution in [3.05, 3.63) is 30.1 Å². The predicted molar refractivity (Wildman–Crippen MR) is 159 cm³/mol. The summed E-state index contributed by atoms with van der Waals surface area (Å²) >= 11 is 0. The Bertz CT molecular complexity index is 1300. The minimum atomic E-state index is 0.281. The molecule has 0 bridgehead atoms. The highest BCUT2D eigenvalue weighted by Gasteiger charge is 2.37. The van der Waals surface area contributed by atoms with Crippen molar-refractivity contribution in [3.8, 4) is 12.8 Å². The first-order chi connectivity index (χ1) is 19.4. The van der Waals surface area contributed by atoms with Gasteiger partial charge in [-0.25, -0.2) is 4.52 Å². The molecule has 3 N–H and O–H groups in total. The number of hydrogen-bond acceptors (Lipinski definition) is 7. The maximum atomic E-state index is 10.2. The number of nitrogens with zero attached hydrogens (tertiary/aromatic N) is 6. The number of hydrogen-bond donors (Lipinski definition) is 3. The Labute approximate surface area is 237 Å². The van der Waals surface area contributed by atoms with Crippen LogP contribution in [0.4, 0.5) is 17.6 Å². The topological polar surface area (TPSA) is 106 Å². The van der Waals surface area contributed by atoms with Gasteiger partial charge in [0.25, 0.3) is 0 Å². The van der Waals surface area contributed by atoms with Crippen molar-refractivity contribution in [1.82, 2.24) is 35.0 Å². The molecule has 3 aromatic rings. The molecule has 2 atom stereocenters. The molecule has 0 spiro atoms. The van der Waals surface area contributed by atoms with Crippen LogP contribution in [0.5, 0.6) is 0 Å². The van der Waals surface area contributed by atoms with E-state index in [-0.39, 0.29) is 5.41 Å². The Kier molecular flexibility index (Phi) is 8.31. The minimum Gasteiger partial charge on any atom is -0.355 e. The highest BCUT2D eigenvalue weighted by atomic mass is 16.1. The number of anilines is 3. The number of terminal acetylenes is 1. The van der Waals surface area contributed by atoms with E-state index in [2.05, 4.69) is 70.3 Å². The first kappa shape index (κ1) is 28.0. The van der Waals surface area contributed by atoms with Gasteiger partial charge in [-0.05, 0) is 76.0 Å². The molecule has 2 aliphatic carbocycles. The van der Waals surface area contributed by atoms with E-state index < -0.39 is 0 Å². The van der Waals surface area contributed by atoms with E-state index in [1.54, 1.807) is 0 Å². The first-order valence-corrected chi connectivity index (χ1v) is 14.6. The molecule has 7 rings (SSSR count). The van der Waals surface area contributed by atoms with Crippen LogP contribution < -0.4 is 15.5 Å². The number of H-pyrrole nitrogens is 1. The van der Waals surface area contributed by atoms with Crippen LogP contribution in [0, 0.1) is 18.3 Å². The van der Waals surface area contributed by atoms with E-state index in [9.17, 15) is 4.79 Å². The van der Waals surface area contributed by atoms with Crippen molar-refractivity contribution in [2.75, 3.05) is 29.9 Å². The van der Waals surface area contributed by atoms with Crippen molar-refractivity contribution < 1.29 is 4.79 Å². The lowest BCUT2D eigenvalue weighted by Gasteiger charge is -2.32. The minimum absolute atomic E-state index is 0.281. The average Bonchev–Trinajstić information content (AvgIpc) is 3.86. The second kappa shape index (κ2) is 11.9. The van der Waals surface area contributed by atoms with E-state index in [1.165, 1.54) is 44.3 Å². The maximum absolute atomic E-state index is 10.2. The molecule has 4 fully saturated rings. The molecule has 40 heavy (non-hydrogen) atoms. The SMILES string of the molecule is C#C.C[C@H]1CC(C)(C)CN1c1nc(Nc2cc(C3CC3)[nH]n2)c2cccn2n1.O=CN[C@@H]1CCCN(C2CC2)C1. The number of likely N-dealkylation sites (tertiary alicyclic amines) is 1. The van der Waals surface area contributed by atoms with Crippen molar-refractivity contribution in [1.29, 1.82) is 0 Å². The molecule has 2 saturated carbocycles. The van der Waals surface area contributed by atoms with Gasteiger partial charge in [-0.3, -0.25) is 14.8 Å². The smallest absolute Gasteiger partial charge is 0.245 e. The van der Waals surface area contributed by atoms with E-state index in [0.717, 1.165) is 61.5 Å². The third-order valence-electron chi connectivity index (χ3n) is 8.30. The number of nitrogens with one attached hydrogen (secondary N) is 3.